The van der Waals surface area contributed by atoms with Gasteiger partial charge in [0, 0.05) is 25.7 Å². The summed E-state index contributed by atoms with van der Waals surface area (Å²) in [7, 11) is 4.31. The summed E-state index contributed by atoms with van der Waals surface area (Å²) in [4.78, 5) is 17.1. The number of amides is 1. The summed E-state index contributed by atoms with van der Waals surface area (Å²) >= 11 is 0. The molecular weight excluding hydrogens is 396 g/mol. The van der Waals surface area contributed by atoms with Crippen LogP contribution < -0.4 is 0 Å². The number of hydrogen-bond donors (Lipinski definition) is 0. The summed E-state index contributed by atoms with van der Waals surface area (Å²) in [5.41, 5.74) is 2.60. The van der Waals surface area contributed by atoms with Crippen molar-refractivity contribution in [3.63, 3.8) is 0 Å². The largest absolute Gasteiger partial charge is 0.449 e. The third-order valence-electron chi connectivity index (χ3n) is 11.1. The average Bonchev–Trinajstić information content (AvgIpc) is 3.24. The van der Waals surface area contributed by atoms with Crippen LogP contribution in [-0.2, 0) is 4.74 Å². The molecule has 0 N–H and O–H groups in total. The normalized spacial score (nSPS) is 45.5. The summed E-state index contributed by atoms with van der Waals surface area (Å²) in [5, 5.41) is 0. The van der Waals surface area contributed by atoms with E-state index in [1.807, 2.05) is 11.9 Å². The molecule has 4 aliphatic carbocycles. The molecule has 1 aliphatic heterocycles. The molecule has 4 heteroatoms. The monoisotopic (exact) mass is 442 g/mol. The van der Waals surface area contributed by atoms with Crippen molar-refractivity contribution in [3.8, 4) is 0 Å². The van der Waals surface area contributed by atoms with E-state index in [0.29, 0.717) is 29.4 Å². The Morgan fingerprint density at radius 3 is 2.69 bits per heavy atom. The van der Waals surface area contributed by atoms with Crippen LogP contribution in [0.15, 0.2) is 11.6 Å². The van der Waals surface area contributed by atoms with Gasteiger partial charge >= 0.3 is 6.09 Å². The maximum atomic E-state index is 12.6. The van der Waals surface area contributed by atoms with E-state index in [1.165, 1.54) is 45.1 Å². The van der Waals surface area contributed by atoms with Crippen LogP contribution in [0.3, 0.4) is 0 Å². The van der Waals surface area contributed by atoms with Crippen molar-refractivity contribution in [3.05, 3.63) is 11.6 Å². The zero-order valence-corrected chi connectivity index (χ0v) is 21.4. The molecule has 1 spiro atoms. The Balaban J connectivity index is 1.32. The van der Waals surface area contributed by atoms with Crippen LogP contribution in [0.2, 0.25) is 0 Å². The van der Waals surface area contributed by atoms with E-state index in [0.717, 1.165) is 42.6 Å². The molecule has 5 aliphatic rings. The van der Waals surface area contributed by atoms with Crippen LogP contribution in [0, 0.1) is 40.4 Å². The van der Waals surface area contributed by atoms with E-state index in [1.54, 1.807) is 5.57 Å². The van der Waals surface area contributed by atoms with E-state index in [-0.39, 0.29) is 6.09 Å². The second-order valence-electron chi connectivity index (χ2n) is 12.8. The molecular formula is C28H46N2O2. The minimum Gasteiger partial charge on any atom is -0.449 e. The Morgan fingerprint density at radius 2 is 1.94 bits per heavy atom. The summed E-state index contributed by atoms with van der Waals surface area (Å²) in [6, 6.07) is 1.06. The number of allylic oxidation sites excluding steroid dienone is 1. The Kier molecular flexibility index (Phi) is 5.71. The molecule has 5 rings (SSSR count). The highest BCUT2D eigenvalue weighted by Gasteiger charge is 2.64. The first-order chi connectivity index (χ1) is 15.2. The van der Waals surface area contributed by atoms with Gasteiger partial charge in [-0.3, -0.25) is 0 Å². The Labute approximate surface area is 196 Å². The lowest BCUT2D eigenvalue weighted by atomic mass is 9.47. The number of ether oxygens (including phenoxy) is 1. The van der Waals surface area contributed by atoms with Crippen molar-refractivity contribution in [1.82, 2.24) is 9.80 Å². The lowest BCUT2D eigenvalue weighted by molar-refractivity contribution is -0.0435. The minimum absolute atomic E-state index is 0.141. The van der Waals surface area contributed by atoms with Crippen LogP contribution in [-0.4, -0.2) is 55.2 Å². The fourth-order valence-electron chi connectivity index (χ4n) is 9.26. The van der Waals surface area contributed by atoms with E-state index >= 15 is 0 Å². The van der Waals surface area contributed by atoms with Crippen LogP contribution in [0.5, 0.6) is 0 Å². The van der Waals surface area contributed by atoms with Crippen molar-refractivity contribution in [2.24, 2.45) is 40.4 Å². The molecule has 180 valence electrons. The zero-order chi connectivity index (χ0) is 22.8. The molecule has 4 nitrogen and oxygen atoms in total. The number of fused-ring (bicyclic) bond motifs is 4. The van der Waals surface area contributed by atoms with E-state index in [2.05, 4.69) is 45.7 Å². The minimum atomic E-state index is -0.141. The first kappa shape index (κ1) is 22.7. The number of hydrogen-bond acceptors (Lipinski definition) is 3. The summed E-state index contributed by atoms with van der Waals surface area (Å²) in [6.45, 7) is 11.1. The smallest absolute Gasteiger partial charge is 0.409 e. The topological polar surface area (TPSA) is 32.8 Å². The predicted molar refractivity (Wildman–Crippen MR) is 129 cm³/mol. The molecule has 0 bridgehead atoms. The van der Waals surface area contributed by atoms with Crippen LogP contribution >= 0.6 is 0 Å². The van der Waals surface area contributed by atoms with Crippen LogP contribution in [0.25, 0.3) is 0 Å². The molecule has 8 atom stereocenters. The maximum Gasteiger partial charge on any atom is 0.409 e. The van der Waals surface area contributed by atoms with Gasteiger partial charge in [-0.25, -0.2) is 4.79 Å². The molecule has 1 heterocycles. The van der Waals surface area contributed by atoms with Gasteiger partial charge in [0.25, 0.3) is 0 Å². The highest BCUT2D eigenvalue weighted by molar-refractivity contribution is 5.67. The highest BCUT2D eigenvalue weighted by Crippen LogP contribution is 2.68. The standard InChI is InChI=1S/C28H46N2O2/c1-18(2)16-32-26(31)30(6)21-11-13-27(4)20(15-21)7-8-22-24(27)12-14-28-17-29(5)19(3)23(28)9-10-25(22)28/h7,18-19,21-25H,8-17H2,1-6H3/t19?,21-,22?,23+,24-,25-,27-,28?/m0/s1. The van der Waals surface area contributed by atoms with Gasteiger partial charge in [0.2, 0.25) is 0 Å². The van der Waals surface area contributed by atoms with Gasteiger partial charge in [-0.15, -0.1) is 0 Å². The van der Waals surface area contributed by atoms with Gasteiger partial charge in [-0.2, -0.15) is 0 Å². The van der Waals surface area contributed by atoms with Gasteiger partial charge in [0.15, 0.2) is 0 Å². The number of carbonyl (C=O) groups excluding carboxylic acids is 1. The van der Waals surface area contributed by atoms with Crippen molar-refractivity contribution < 1.29 is 9.53 Å². The lowest BCUT2D eigenvalue weighted by Crippen LogP contribution is -2.53. The molecule has 1 saturated heterocycles. The Hall–Kier alpha value is -1.03. The molecule has 3 saturated carbocycles. The molecule has 0 aromatic carbocycles. The van der Waals surface area contributed by atoms with Crippen LogP contribution in [0.4, 0.5) is 4.79 Å². The van der Waals surface area contributed by atoms with Crippen molar-refractivity contribution in [2.75, 3.05) is 27.2 Å². The van der Waals surface area contributed by atoms with Crippen molar-refractivity contribution in [2.45, 2.75) is 91.1 Å². The van der Waals surface area contributed by atoms with E-state index in [4.69, 9.17) is 4.74 Å². The number of rotatable bonds is 3. The molecule has 0 aromatic heterocycles. The number of carbonyl (C=O) groups is 1. The third kappa shape index (κ3) is 3.29. The maximum absolute atomic E-state index is 12.6. The summed E-state index contributed by atoms with van der Waals surface area (Å²) < 4.78 is 5.53. The van der Waals surface area contributed by atoms with Crippen LogP contribution in [0.1, 0.15) is 79.1 Å². The SMILES string of the molecule is CC(C)COC(=O)N(C)[C@H]1CC[C@@]2(C)C(=CCC3[C@@H]4CC[C@@H]5C(C)N(C)CC54CC[C@@H]32)C1. The summed E-state index contributed by atoms with van der Waals surface area (Å²) in [5.74, 6) is 3.97. The molecule has 4 fully saturated rings. The number of likely N-dealkylation sites (tertiary alicyclic amines) is 1. The fraction of sp³-hybridized carbons (Fsp3) is 0.893. The fourth-order valence-corrected chi connectivity index (χ4v) is 9.26. The lowest BCUT2D eigenvalue weighted by Gasteiger charge is -2.58. The quantitative estimate of drug-likeness (QED) is 0.505. The second kappa shape index (κ2) is 8.03. The Bertz CT molecular complexity index is 777. The van der Waals surface area contributed by atoms with Gasteiger partial charge in [-0.1, -0.05) is 32.4 Å². The third-order valence-corrected chi connectivity index (χ3v) is 11.1. The van der Waals surface area contributed by atoms with Crippen molar-refractivity contribution in [1.29, 1.82) is 0 Å². The molecule has 3 unspecified atom stereocenters. The zero-order valence-electron chi connectivity index (χ0n) is 21.4. The van der Waals surface area contributed by atoms with Crippen molar-refractivity contribution >= 4 is 6.09 Å². The highest BCUT2D eigenvalue weighted by atomic mass is 16.6. The Morgan fingerprint density at radius 1 is 1.19 bits per heavy atom. The molecule has 0 radical (unpaired) electrons. The average molecular weight is 443 g/mol. The summed E-state index contributed by atoms with van der Waals surface area (Å²) in [6.07, 6.45) is 13.0. The van der Waals surface area contributed by atoms with E-state index < -0.39 is 0 Å². The number of nitrogens with zero attached hydrogens (tertiary/aromatic N) is 2. The first-order valence-corrected chi connectivity index (χ1v) is 13.5. The van der Waals surface area contributed by atoms with Gasteiger partial charge < -0.3 is 14.5 Å². The van der Waals surface area contributed by atoms with Gasteiger partial charge in [0.1, 0.15) is 0 Å². The second-order valence-corrected chi connectivity index (χ2v) is 12.8. The molecule has 1 amide bonds. The first-order valence-electron chi connectivity index (χ1n) is 13.5. The van der Waals surface area contributed by atoms with Gasteiger partial charge in [0.05, 0.1) is 6.61 Å². The molecule has 32 heavy (non-hydrogen) atoms. The molecule has 0 aromatic rings. The predicted octanol–water partition coefficient (Wildman–Crippen LogP) is 5.97. The van der Waals surface area contributed by atoms with Gasteiger partial charge in [-0.05, 0) is 106 Å². The van der Waals surface area contributed by atoms with E-state index in [9.17, 15) is 4.79 Å².